The molecule has 1 aliphatic carbocycles. The van der Waals surface area contributed by atoms with E-state index in [1.165, 1.54) is 30.2 Å². The van der Waals surface area contributed by atoms with Gasteiger partial charge in [-0.1, -0.05) is 12.5 Å². The molecule has 0 unspecified atom stereocenters. The molecule has 2 atom stereocenters. The second-order valence-corrected chi connectivity index (χ2v) is 5.44. The van der Waals surface area contributed by atoms with Crippen molar-refractivity contribution in [3.05, 3.63) is 41.4 Å². The number of aromatic amines is 1. The molecule has 0 saturated heterocycles. The SMILES string of the molecule is [C-]#[N+]c1ccc2[nH]cc([C@H]3CCC[C@@H]3CNC)c2c1. The highest BCUT2D eigenvalue weighted by Gasteiger charge is 2.29. The van der Waals surface area contributed by atoms with Crippen molar-refractivity contribution in [2.75, 3.05) is 13.6 Å². The number of nitrogens with zero attached hydrogens (tertiary/aromatic N) is 1. The Morgan fingerprint density at radius 3 is 3.11 bits per heavy atom. The van der Waals surface area contributed by atoms with Gasteiger partial charge in [-0.15, -0.1) is 0 Å². The summed E-state index contributed by atoms with van der Waals surface area (Å²) in [6.45, 7) is 8.25. The summed E-state index contributed by atoms with van der Waals surface area (Å²) in [5.41, 5.74) is 3.28. The Morgan fingerprint density at radius 2 is 2.32 bits per heavy atom. The molecule has 2 aromatic rings. The van der Waals surface area contributed by atoms with Crippen molar-refractivity contribution in [2.45, 2.75) is 25.2 Å². The molecule has 3 heteroatoms. The van der Waals surface area contributed by atoms with Crippen LogP contribution < -0.4 is 5.32 Å². The Balaban J connectivity index is 2.02. The van der Waals surface area contributed by atoms with E-state index in [1.807, 2.05) is 25.2 Å². The Hall–Kier alpha value is -1.79. The minimum atomic E-state index is 0.627. The van der Waals surface area contributed by atoms with Crippen LogP contribution in [0.5, 0.6) is 0 Å². The number of hydrogen-bond donors (Lipinski definition) is 2. The van der Waals surface area contributed by atoms with Gasteiger partial charge >= 0.3 is 0 Å². The zero-order valence-corrected chi connectivity index (χ0v) is 11.2. The number of hydrogen-bond acceptors (Lipinski definition) is 1. The largest absolute Gasteiger partial charge is 0.361 e. The van der Waals surface area contributed by atoms with Crippen LogP contribution in [0, 0.1) is 12.5 Å². The molecule has 1 heterocycles. The van der Waals surface area contributed by atoms with Crippen molar-refractivity contribution in [1.29, 1.82) is 0 Å². The van der Waals surface area contributed by atoms with Crippen LogP contribution in [0.3, 0.4) is 0 Å². The first-order valence-electron chi connectivity index (χ1n) is 6.96. The summed E-state index contributed by atoms with van der Waals surface area (Å²) in [4.78, 5) is 6.90. The molecular weight excluding hydrogens is 234 g/mol. The van der Waals surface area contributed by atoms with Gasteiger partial charge in [0.05, 0.1) is 6.57 Å². The van der Waals surface area contributed by atoms with Crippen LogP contribution in [0.2, 0.25) is 0 Å². The summed E-state index contributed by atoms with van der Waals surface area (Å²) in [6.07, 6.45) is 6.03. The number of aromatic nitrogens is 1. The van der Waals surface area contributed by atoms with E-state index < -0.39 is 0 Å². The summed E-state index contributed by atoms with van der Waals surface area (Å²) in [5.74, 6) is 1.35. The maximum Gasteiger partial charge on any atom is 0.187 e. The molecule has 1 aromatic carbocycles. The van der Waals surface area contributed by atoms with Gasteiger partial charge in [-0.05, 0) is 61.4 Å². The number of nitrogens with one attached hydrogen (secondary N) is 2. The van der Waals surface area contributed by atoms with Crippen LogP contribution in [-0.4, -0.2) is 18.6 Å². The summed E-state index contributed by atoms with van der Waals surface area (Å²) < 4.78 is 0. The summed E-state index contributed by atoms with van der Waals surface area (Å²) in [7, 11) is 2.03. The Morgan fingerprint density at radius 1 is 1.42 bits per heavy atom. The van der Waals surface area contributed by atoms with E-state index in [1.54, 1.807) is 0 Å². The molecule has 0 bridgehead atoms. The van der Waals surface area contributed by atoms with Crippen molar-refractivity contribution < 1.29 is 0 Å². The van der Waals surface area contributed by atoms with Crippen molar-refractivity contribution in [3.8, 4) is 0 Å². The second-order valence-electron chi connectivity index (χ2n) is 5.44. The van der Waals surface area contributed by atoms with Crippen LogP contribution in [0.25, 0.3) is 15.7 Å². The molecular formula is C16H19N3. The van der Waals surface area contributed by atoms with Crippen molar-refractivity contribution in [1.82, 2.24) is 10.3 Å². The first-order valence-corrected chi connectivity index (χ1v) is 6.96. The third kappa shape index (κ3) is 2.13. The lowest BCUT2D eigenvalue weighted by atomic mass is 9.88. The third-order valence-corrected chi connectivity index (χ3v) is 4.35. The predicted molar refractivity (Wildman–Crippen MR) is 78.6 cm³/mol. The number of rotatable bonds is 3. The van der Waals surface area contributed by atoms with Gasteiger partial charge in [-0.25, -0.2) is 4.85 Å². The van der Waals surface area contributed by atoms with Crippen LogP contribution in [0.4, 0.5) is 5.69 Å². The predicted octanol–water partition coefficient (Wildman–Crippen LogP) is 3.82. The van der Waals surface area contributed by atoms with Crippen molar-refractivity contribution in [3.63, 3.8) is 0 Å². The first-order chi connectivity index (χ1) is 9.33. The van der Waals surface area contributed by atoms with E-state index in [4.69, 9.17) is 6.57 Å². The molecule has 1 aromatic heterocycles. The van der Waals surface area contributed by atoms with Crippen LogP contribution in [0.15, 0.2) is 24.4 Å². The molecule has 0 aliphatic heterocycles. The van der Waals surface area contributed by atoms with Crippen LogP contribution in [-0.2, 0) is 0 Å². The molecule has 0 amide bonds. The normalized spacial score (nSPS) is 22.7. The van der Waals surface area contributed by atoms with E-state index in [-0.39, 0.29) is 0 Å². The molecule has 0 spiro atoms. The maximum atomic E-state index is 7.16. The van der Waals surface area contributed by atoms with Gasteiger partial charge in [-0.2, -0.15) is 0 Å². The minimum absolute atomic E-state index is 0.627. The smallest absolute Gasteiger partial charge is 0.187 e. The third-order valence-electron chi connectivity index (χ3n) is 4.35. The average molecular weight is 253 g/mol. The average Bonchev–Trinajstić information content (AvgIpc) is 3.04. The zero-order valence-electron chi connectivity index (χ0n) is 11.2. The fourth-order valence-corrected chi connectivity index (χ4v) is 3.46. The van der Waals surface area contributed by atoms with Gasteiger partial charge < -0.3 is 10.3 Å². The molecule has 2 N–H and O–H groups in total. The van der Waals surface area contributed by atoms with E-state index in [0.717, 1.165) is 23.7 Å². The highest BCUT2D eigenvalue weighted by molar-refractivity contribution is 5.87. The summed E-state index contributed by atoms with van der Waals surface area (Å²) >= 11 is 0. The number of benzene rings is 1. The van der Waals surface area contributed by atoms with Gasteiger partial charge in [-0.3, -0.25) is 0 Å². The highest BCUT2D eigenvalue weighted by Crippen LogP contribution is 2.42. The quantitative estimate of drug-likeness (QED) is 0.801. The van der Waals surface area contributed by atoms with Gasteiger partial charge in [0, 0.05) is 11.7 Å². The van der Waals surface area contributed by atoms with Crippen LogP contribution in [0.1, 0.15) is 30.7 Å². The molecule has 1 saturated carbocycles. The van der Waals surface area contributed by atoms with E-state index in [9.17, 15) is 0 Å². The number of H-pyrrole nitrogens is 1. The standard InChI is InChI=1S/C16H19N3/c1-17-9-11-4-3-5-13(11)15-10-19-16-7-6-12(18-2)8-14(15)16/h6-8,10-11,13,17,19H,3-5,9H2,1H3/t11-,13+/m1/s1. The Kier molecular flexibility index (Phi) is 3.27. The molecule has 98 valence electrons. The molecule has 1 fully saturated rings. The monoisotopic (exact) mass is 253 g/mol. The Labute approximate surface area is 113 Å². The van der Waals surface area contributed by atoms with E-state index in [2.05, 4.69) is 21.3 Å². The van der Waals surface area contributed by atoms with Crippen LogP contribution >= 0.6 is 0 Å². The summed E-state index contributed by atoms with van der Waals surface area (Å²) in [5, 5.41) is 4.55. The van der Waals surface area contributed by atoms with Gasteiger partial charge in [0.25, 0.3) is 0 Å². The van der Waals surface area contributed by atoms with Gasteiger partial charge in [0.15, 0.2) is 5.69 Å². The second kappa shape index (κ2) is 5.07. The lowest BCUT2D eigenvalue weighted by Crippen LogP contribution is -2.20. The van der Waals surface area contributed by atoms with E-state index >= 15 is 0 Å². The topological polar surface area (TPSA) is 32.2 Å². The molecule has 19 heavy (non-hydrogen) atoms. The minimum Gasteiger partial charge on any atom is -0.361 e. The van der Waals surface area contributed by atoms with Gasteiger partial charge in [0.2, 0.25) is 0 Å². The summed E-state index contributed by atoms with van der Waals surface area (Å²) in [6, 6.07) is 5.94. The molecule has 0 radical (unpaired) electrons. The first kappa shape index (κ1) is 12.3. The Bertz CT molecular complexity index is 620. The number of fused-ring (bicyclic) bond motifs is 1. The van der Waals surface area contributed by atoms with Crippen molar-refractivity contribution >= 4 is 16.6 Å². The lowest BCUT2D eigenvalue weighted by molar-refractivity contribution is 0.464. The van der Waals surface area contributed by atoms with Gasteiger partial charge in [0.1, 0.15) is 0 Å². The van der Waals surface area contributed by atoms with E-state index in [0.29, 0.717) is 5.92 Å². The molecule has 1 aliphatic rings. The zero-order chi connectivity index (χ0) is 13.2. The fraction of sp³-hybridized carbons (Fsp3) is 0.438. The highest BCUT2D eigenvalue weighted by atomic mass is 14.8. The maximum absolute atomic E-state index is 7.16. The fourth-order valence-electron chi connectivity index (χ4n) is 3.46. The lowest BCUT2D eigenvalue weighted by Gasteiger charge is -2.19. The van der Waals surface area contributed by atoms with Crippen molar-refractivity contribution in [2.24, 2.45) is 5.92 Å². The molecule has 3 nitrogen and oxygen atoms in total. The molecule has 3 rings (SSSR count).